The van der Waals surface area contributed by atoms with Gasteiger partial charge in [0.2, 0.25) is 0 Å². The number of amides is 2. The molecular formula is C19H29N3O. The molecule has 1 aromatic rings. The summed E-state index contributed by atoms with van der Waals surface area (Å²) in [6, 6.07) is 7.24. The van der Waals surface area contributed by atoms with E-state index in [1.807, 2.05) is 4.90 Å². The first-order valence-corrected chi connectivity index (χ1v) is 8.96. The van der Waals surface area contributed by atoms with Gasteiger partial charge < -0.3 is 10.2 Å². The van der Waals surface area contributed by atoms with Crippen molar-refractivity contribution in [2.24, 2.45) is 0 Å². The minimum Gasteiger partial charge on any atom is -0.334 e. The fourth-order valence-corrected chi connectivity index (χ4v) is 3.89. The van der Waals surface area contributed by atoms with E-state index in [9.17, 15) is 4.79 Å². The van der Waals surface area contributed by atoms with E-state index in [-0.39, 0.29) is 6.03 Å². The summed E-state index contributed by atoms with van der Waals surface area (Å²) in [5, 5.41) is 3.08. The summed E-state index contributed by atoms with van der Waals surface area (Å²) in [5.41, 5.74) is 3.71. The molecule has 23 heavy (non-hydrogen) atoms. The van der Waals surface area contributed by atoms with Crippen molar-refractivity contribution in [3.05, 3.63) is 34.9 Å². The Hall–Kier alpha value is -1.55. The number of nitrogens with one attached hydrogen (secondary N) is 1. The maximum atomic E-state index is 12.4. The van der Waals surface area contributed by atoms with Crippen LogP contribution in [0.25, 0.3) is 0 Å². The van der Waals surface area contributed by atoms with E-state index >= 15 is 0 Å². The lowest BCUT2D eigenvalue weighted by Crippen LogP contribution is -2.53. The van der Waals surface area contributed by atoms with Crippen molar-refractivity contribution >= 4 is 6.03 Å². The molecule has 1 N–H and O–H groups in total. The second-order valence-electron chi connectivity index (χ2n) is 7.05. The van der Waals surface area contributed by atoms with Crippen molar-refractivity contribution in [3.8, 4) is 0 Å². The van der Waals surface area contributed by atoms with Crippen LogP contribution in [0.1, 0.15) is 42.4 Å². The van der Waals surface area contributed by atoms with Crippen molar-refractivity contribution in [1.29, 1.82) is 0 Å². The molecular weight excluding hydrogens is 286 g/mol. The summed E-state index contributed by atoms with van der Waals surface area (Å²) in [6.07, 6.45) is 5.44. The molecule has 0 spiro atoms. The minimum atomic E-state index is 0.0797. The number of aryl methyl sites for hydroxylation is 2. The van der Waals surface area contributed by atoms with Gasteiger partial charge in [0.05, 0.1) is 0 Å². The molecule has 4 nitrogen and oxygen atoms in total. The molecule has 1 aromatic carbocycles. The van der Waals surface area contributed by atoms with Crippen LogP contribution < -0.4 is 5.32 Å². The molecule has 1 heterocycles. The average Bonchev–Trinajstić information content (AvgIpc) is 3.08. The van der Waals surface area contributed by atoms with Crippen molar-refractivity contribution in [3.63, 3.8) is 0 Å². The van der Waals surface area contributed by atoms with Gasteiger partial charge in [0, 0.05) is 38.8 Å². The zero-order chi connectivity index (χ0) is 16.2. The number of nitrogens with zero attached hydrogens (tertiary/aromatic N) is 2. The Bertz CT molecular complexity index is 544. The van der Waals surface area contributed by atoms with E-state index in [2.05, 4.69) is 42.3 Å². The van der Waals surface area contributed by atoms with Gasteiger partial charge in [-0.2, -0.15) is 0 Å². The lowest BCUT2D eigenvalue weighted by Gasteiger charge is -2.38. The third-order valence-corrected chi connectivity index (χ3v) is 5.37. The molecule has 4 heteroatoms. The summed E-state index contributed by atoms with van der Waals surface area (Å²) < 4.78 is 0. The predicted molar refractivity (Wildman–Crippen MR) is 93.6 cm³/mol. The number of carbonyl (C=O) groups excluding carboxylic acids is 1. The third-order valence-electron chi connectivity index (χ3n) is 5.37. The minimum absolute atomic E-state index is 0.0797. The Morgan fingerprint density at radius 1 is 1.13 bits per heavy atom. The zero-order valence-corrected chi connectivity index (χ0v) is 14.5. The van der Waals surface area contributed by atoms with Gasteiger partial charge in [-0.15, -0.1) is 0 Å². The first-order chi connectivity index (χ1) is 11.1. The first-order valence-electron chi connectivity index (χ1n) is 8.96. The van der Waals surface area contributed by atoms with Gasteiger partial charge >= 0.3 is 6.03 Å². The van der Waals surface area contributed by atoms with Crippen molar-refractivity contribution in [2.75, 3.05) is 26.2 Å². The molecule has 0 unspecified atom stereocenters. The van der Waals surface area contributed by atoms with E-state index in [0.717, 1.165) is 32.2 Å². The highest BCUT2D eigenvalue weighted by atomic mass is 16.2. The maximum absolute atomic E-state index is 12.4. The monoisotopic (exact) mass is 315 g/mol. The molecule has 126 valence electrons. The smallest absolute Gasteiger partial charge is 0.317 e. The number of piperazine rings is 1. The number of carbonyl (C=O) groups is 1. The van der Waals surface area contributed by atoms with Gasteiger partial charge in [-0.05, 0) is 37.8 Å². The summed E-state index contributed by atoms with van der Waals surface area (Å²) in [6.45, 7) is 8.59. The number of rotatable bonds is 3. The predicted octanol–water partition coefficient (Wildman–Crippen LogP) is 3.07. The van der Waals surface area contributed by atoms with Crippen LogP contribution in [0.5, 0.6) is 0 Å². The van der Waals surface area contributed by atoms with E-state index in [1.54, 1.807) is 0 Å². The lowest BCUT2D eigenvalue weighted by molar-refractivity contribution is 0.109. The average molecular weight is 315 g/mol. The van der Waals surface area contributed by atoms with E-state index in [0.29, 0.717) is 6.54 Å². The molecule has 2 aliphatic rings. The second-order valence-corrected chi connectivity index (χ2v) is 7.05. The molecule has 1 aliphatic carbocycles. The molecule has 0 bridgehead atoms. The zero-order valence-electron chi connectivity index (χ0n) is 14.5. The van der Waals surface area contributed by atoms with Crippen LogP contribution in [0.3, 0.4) is 0 Å². The van der Waals surface area contributed by atoms with Crippen molar-refractivity contribution in [1.82, 2.24) is 15.1 Å². The Balaban J connectivity index is 1.46. The Kier molecular flexibility index (Phi) is 5.21. The van der Waals surface area contributed by atoms with Gasteiger partial charge in [-0.1, -0.05) is 36.6 Å². The molecule has 0 atom stereocenters. The molecule has 0 radical (unpaired) electrons. The topological polar surface area (TPSA) is 35.6 Å². The van der Waals surface area contributed by atoms with Crippen LogP contribution >= 0.6 is 0 Å². The Morgan fingerprint density at radius 3 is 2.48 bits per heavy atom. The highest BCUT2D eigenvalue weighted by molar-refractivity contribution is 5.74. The highest BCUT2D eigenvalue weighted by Gasteiger charge is 2.27. The molecule has 0 aromatic heterocycles. The number of benzene rings is 1. The molecule has 1 saturated heterocycles. The molecule has 2 fully saturated rings. The summed E-state index contributed by atoms with van der Waals surface area (Å²) in [4.78, 5) is 16.9. The summed E-state index contributed by atoms with van der Waals surface area (Å²) in [7, 11) is 0. The standard InChI is InChI=1S/C19H29N3O/c1-15-7-8-17(16(2)13-15)14-20-19(23)22-11-9-21(10-12-22)18-5-3-4-6-18/h7-8,13,18H,3-6,9-12,14H2,1-2H3,(H,20,23). The summed E-state index contributed by atoms with van der Waals surface area (Å²) in [5.74, 6) is 0. The van der Waals surface area contributed by atoms with Crippen LogP contribution in [-0.4, -0.2) is 48.1 Å². The number of hydrogen-bond donors (Lipinski definition) is 1. The van der Waals surface area contributed by atoms with Crippen LogP contribution in [0, 0.1) is 13.8 Å². The molecule has 1 saturated carbocycles. The fourth-order valence-electron chi connectivity index (χ4n) is 3.89. The van der Waals surface area contributed by atoms with Crippen molar-refractivity contribution in [2.45, 2.75) is 52.1 Å². The van der Waals surface area contributed by atoms with Crippen LogP contribution in [0.4, 0.5) is 4.79 Å². The largest absolute Gasteiger partial charge is 0.334 e. The van der Waals surface area contributed by atoms with Crippen molar-refractivity contribution < 1.29 is 4.79 Å². The molecule has 2 amide bonds. The van der Waals surface area contributed by atoms with E-state index in [4.69, 9.17) is 0 Å². The second kappa shape index (κ2) is 7.35. The van der Waals surface area contributed by atoms with Gasteiger partial charge in [-0.25, -0.2) is 4.79 Å². The van der Waals surface area contributed by atoms with E-state index < -0.39 is 0 Å². The highest BCUT2D eigenvalue weighted by Crippen LogP contribution is 2.24. The van der Waals surface area contributed by atoms with Gasteiger partial charge in [0.1, 0.15) is 0 Å². The van der Waals surface area contributed by atoms with Crippen LogP contribution in [0.15, 0.2) is 18.2 Å². The van der Waals surface area contributed by atoms with Crippen LogP contribution in [0.2, 0.25) is 0 Å². The third kappa shape index (κ3) is 4.05. The molecule has 3 rings (SSSR count). The Morgan fingerprint density at radius 2 is 1.83 bits per heavy atom. The quantitative estimate of drug-likeness (QED) is 0.930. The van der Waals surface area contributed by atoms with E-state index in [1.165, 1.54) is 42.4 Å². The number of urea groups is 1. The van der Waals surface area contributed by atoms with Crippen LogP contribution in [-0.2, 0) is 6.54 Å². The maximum Gasteiger partial charge on any atom is 0.317 e. The Labute approximate surface area is 139 Å². The van der Waals surface area contributed by atoms with Gasteiger partial charge in [-0.3, -0.25) is 4.90 Å². The number of hydrogen-bond acceptors (Lipinski definition) is 2. The van der Waals surface area contributed by atoms with Gasteiger partial charge in [0.15, 0.2) is 0 Å². The fraction of sp³-hybridized carbons (Fsp3) is 0.632. The summed E-state index contributed by atoms with van der Waals surface area (Å²) >= 11 is 0. The molecule has 1 aliphatic heterocycles. The lowest BCUT2D eigenvalue weighted by atomic mass is 10.1. The van der Waals surface area contributed by atoms with Gasteiger partial charge in [0.25, 0.3) is 0 Å². The first kappa shape index (κ1) is 16.3. The SMILES string of the molecule is Cc1ccc(CNC(=O)N2CCN(C3CCCC3)CC2)c(C)c1. The normalized spacial score (nSPS) is 20.0.